The first kappa shape index (κ1) is 18.7. The fourth-order valence-electron chi connectivity index (χ4n) is 3.03. The molecule has 0 bridgehead atoms. The molecule has 0 saturated heterocycles. The number of anilines is 1. The lowest BCUT2D eigenvalue weighted by Gasteiger charge is -2.31. The summed E-state index contributed by atoms with van der Waals surface area (Å²) in [5.74, 6) is 0.982. The minimum Gasteiger partial charge on any atom is -0.497 e. The van der Waals surface area contributed by atoms with Gasteiger partial charge in [-0.25, -0.2) is 0 Å². The van der Waals surface area contributed by atoms with Gasteiger partial charge in [0.05, 0.1) is 19.9 Å². The van der Waals surface area contributed by atoms with E-state index in [1.54, 1.807) is 44.4 Å². The zero-order valence-electron chi connectivity index (χ0n) is 15.0. The van der Waals surface area contributed by atoms with Crippen molar-refractivity contribution in [2.45, 2.75) is 38.1 Å². The van der Waals surface area contributed by atoms with Gasteiger partial charge in [-0.3, -0.25) is 4.79 Å². The van der Waals surface area contributed by atoms with Gasteiger partial charge in [0.25, 0.3) is 5.91 Å². The standard InChI is InChI=1S/C19H25N3O3/c1-22(15-7-5-4-6-8-15)19(23)14(12-20)13-21-17-10-9-16(24-2)11-18(17)25-3/h9-11,13,15,21H,4-8H2,1-3H3/b14-13-. The molecule has 134 valence electrons. The highest BCUT2D eigenvalue weighted by molar-refractivity contribution is 5.97. The number of amides is 1. The number of methoxy groups -OCH3 is 2. The third kappa shape index (κ3) is 4.66. The predicted molar refractivity (Wildman–Crippen MR) is 96.5 cm³/mol. The van der Waals surface area contributed by atoms with E-state index in [2.05, 4.69) is 5.32 Å². The molecule has 2 rings (SSSR count). The molecular weight excluding hydrogens is 318 g/mol. The van der Waals surface area contributed by atoms with Crippen molar-refractivity contribution < 1.29 is 14.3 Å². The number of ether oxygens (including phenoxy) is 2. The topological polar surface area (TPSA) is 74.6 Å². The lowest BCUT2D eigenvalue weighted by Crippen LogP contribution is -2.39. The molecule has 1 fully saturated rings. The van der Waals surface area contributed by atoms with Crippen molar-refractivity contribution in [1.29, 1.82) is 5.26 Å². The molecule has 0 radical (unpaired) electrons. The van der Waals surface area contributed by atoms with E-state index in [0.717, 1.165) is 25.7 Å². The number of nitrogens with zero attached hydrogens (tertiary/aromatic N) is 2. The van der Waals surface area contributed by atoms with E-state index in [1.165, 1.54) is 12.6 Å². The molecule has 0 aliphatic heterocycles. The van der Waals surface area contributed by atoms with E-state index in [1.807, 2.05) is 6.07 Å². The van der Waals surface area contributed by atoms with E-state index >= 15 is 0 Å². The van der Waals surface area contributed by atoms with Crippen LogP contribution < -0.4 is 14.8 Å². The molecule has 1 aliphatic carbocycles. The van der Waals surface area contributed by atoms with Gasteiger partial charge >= 0.3 is 0 Å². The van der Waals surface area contributed by atoms with Gasteiger partial charge in [0.2, 0.25) is 0 Å². The van der Waals surface area contributed by atoms with Crippen molar-refractivity contribution in [3.8, 4) is 17.6 Å². The number of hydrogen-bond donors (Lipinski definition) is 1. The molecule has 0 unspecified atom stereocenters. The number of nitriles is 1. The van der Waals surface area contributed by atoms with E-state index in [9.17, 15) is 10.1 Å². The second-order valence-electron chi connectivity index (χ2n) is 6.09. The van der Waals surface area contributed by atoms with Gasteiger partial charge < -0.3 is 19.7 Å². The number of rotatable bonds is 6. The number of carbonyl (C=O) groups is 1. The van der Waals surface area contributed by atoms with E-state index in [0.29, 0.717) is 17.2 Å². The minimum absolute atomic E-state index is 0.0749. The average molecular weight is 343 g/mol. The number of likely N-dealkylation sites (N-methyl/N-ethyl adjacent to an activating group) is 1. The van der Waals surface area contributed by atoms with Crippen LogP contribution in [0.25, 0.3) is 0 Å². The summed E-state index contributed by atoms with van der Waals surface area (Å²) in [6.07, 6.45) is 6.93. The minimum atomic E-state index is -0.255. The van der Waals surface area contributed by atoms with Crippen LogP contribution in [0.3, 0.4) is 0 Å². The van der Waals surface area contributed by atoms with Gasteiger partial charge in [-0.05, 0) is 25.0 Å². The highest BCUT2D eigenvalue weighted by atomic mass is 16.5. The Morgan fingerprint density at radius 1 is 1.28 bits per heavy atom. The van der Waals surface area contributed by atoms with E-state index < -0.39 is 0 Å². The van der Waals surface area contributed by atoms with Crippen LogP contribution in [0.15, 0.2) is 30.0 Å². The third-order valence-electron chi connectivity index (χ3n) is 4.57. The van der Waals surface area contributed by atoms with Crippen molar-refractivity contribution in [3.63, 3.8) is 0 Å². The number of carbonyl (C=O) groups excluding carboxylic acids is 1. The van der Waals surface area contributed by atoms with Crippen molar-refractivity contribution >= 4 is 11.6 Å². The zero-order chi connectivity index (χ0) is 18.2. The Morgan fingerprint density at radius 3 is 2.60 bits per heavy atom. The largest absolute Gasteiger partial charge is 0.497 e. The van der Waals surface area contributed by atoms with Crippen LogP contribution in [0.4, 0.5) is 5.69 Å². The molecule has 0 aromatic heterocycles. The maximum absolute atomic E-state index is 12.6. The van der Waals surface area contributed by atoms with Crippen LogP contribution in [0, 0.1) is 11.3 Å². The molecule has 1 saturated carbocycles. The van der Waals surface area contributed by atoms with Crippen LogP contribution >= 0.6 is 0 Å². The van der Waals surface area contributed by atoms with Crippen LogP contribution in [0.5, 0.6) is 11.5 Å². The van der Waals surface area contributed by atoms with Gasteiger partial charge in [-0.2, -0.15) is 5.26 Å². The van der Waals surface area contributed by atoms with Crippen molar-refractivity contribution in [3.05, 3.63) is 30.0 Å². The summed E-state index contributed by atoms with van der Waals surface area (Å²) in [4.78, 5) is 14.3. The smallest absolute Gasteiger partial charge is 0.266 e. The quantitative estimate of drug-likeness (QED) is 0.633. The fourth-order valence-corrected chi connectivity index (χ4v) is 3.03. The Morgan fingerprint density at radius 2 is 2.00 bits per heavy atom. The van der Waals surface area contributed by atoms with Crippen LogP contribution in [-0.4, -0.2) is 38.1 Å². The molecule has 1 aliphatic rings. The molecule has 25 heavy (non-hydrogen) atoms. The molecule has 0 spiro atoms. The van der Waals surface area contributed by atoms with Gasteiger partial charge in [0, 0.05) is 25.4 Å². The second kappa shape index (κ2) is 8.97. The molecule has 6 nitrogen and oxygen atoms in total. The van der Waals surface area contributed by atoms with Gasteiger partial charge in [-0.1, -0.05) is 19.3 Å². The normalized spacial score (nSPS) is 15.2. The summed E-state index contributed by atoms with van der Waals surface area (Å²) < 4.78 is 10.5. The summed E-state index contributed by atoms with van der Waals surface area (Å²) in [5.41, 5.74) is 0.732. The maximum atomic E-state index is 12.6. The first-order chi connectivity index (χ1) is 12.1. The Kier molecular flexibility index (Phi) is 6.70. The van der Waals surface area contributed by atoms with Gasteiger partial charge in [-0.15, -0.1) is 0 Å². The first-order valence-electron chi connectivity index (χ1n) is 8.46. The Labute approximate surface area is 149 Å². The van der Waals surface area contributed by atoms with Crippen LogP contribution in [-0.2, 0) is 4.79 Å². The van der Waals surface area contributed by atoms with E-state index in [4.69, 9.17) is 9.47 Å². The summed E-state index contributed by atoms with van der Waals surface area (Å²) in [5, 5.41) is 12.4. The molecule has 1 amide bonds. The molecule has 1 N–H and O–H groups in total. The van der Waals surface area contributed by atoms with Crippen molar-refractivity contribution in [1.82, 2.24) is 4.90 Å². The Hall–Kier alpha value is -2.68. The van der Waals surface area contributed by atoms with Crippen molar-refractivity contribution in [2.24, 2.45) is 0 Å². The molecule has 1 aromatic carbocycles. The summed E-state index contributed by atoms with van der Waals surface area (Å²) >= 11 is 0. The summed E-state index contributed by atoms with van der Waals surface area (Å²) in [6.45, 7) is 0. The van der Waals surface area contributed by atoms with E-state index in [-0.39, 0.29) is 17.5 Å². The lowest BCUT2D eigenvalue weighted by molar-refractivity contribution is -0.128. The summed E-state index contributed by atoms with van der Waals surface area (Å²) in [7, 11) is 4.91. The third-order valence-corrected chi connectivity index (χ3v) is 4.57. The Balaban J connectivity index is 2.12. The molecule has 6 heteroatoms. The van der Waals surface area contributed by atoms with Crippen LogP contribution in [0.2, 0.25) is 0 Å². The van der Waals surface area contributed by atoms with Gasteiger partial charge in [0.15, 0.2) is 0 Å². The highest BCUT2D eigenvalue weighted by Crippen LogP contribution is 2.29. The lowest BCUT2D eigenvalue weighted by atomic mass is 9.94. The van der Waals surface area contributed by atoms with Crippen LogP contribution in [0.1, 0.15) is 32.1 Å². The second-order valence-corrected chi connectivity index (χ2v) is 6.09. The number of hydrogen-bond acceptors (Lipinski definition) is 5. The SMILES string of the molecule is COc1ccc(N/C=C(/C#N)C(=O)N(C)C2CCCCC2)c(OC)c1. The average Bonchev–Trinajstić information content (AvgIpc) is 2.68. The zero-order valence-corrected chi connectivity index (χ0v) is 15.0. The van der Waals surface area contributed by atoms with Gasteiger partial charge in [0.1, 0.15) is 23.1 Å². The monoisotopic (exact) mass is 343 g/mol. The maximum Gasteiger partial charge on any atom is 0.266 e. The molecular formula is C19H25N3O3. The fraction of sp³-hybridized carbons (Fsp3) is 0.474. The highest BCUT2D eigenvalue weighted by Gasteiger charge is 2.24. The molecule has 0 atom stereocenters. The van der Waals surface area contributed by atoms with Crippen molar-refractivity contribution in [2.75, 3.05) is 26.6 Å². The summed E-state index contributed by atoms with van der Waals surface area (Å²) in [6, 6.07) is 7.50. The predicted octanol–water partition coefficient (Wildman–Crippen LogP) is 3.31. The first-order valence-corrected chi connectivity index (χ1v) is 8.46. The number of benzene rings is 1. The molecule has 1 aromatic rings. The Bertz CT molecular complexity index is 673. The molecule has 0 heterocycles. The number of nitrogens with one attached hydrogen (secondary N) is 1.